The number of nitrogens with zero attached hydrogens (tertiary/aromatic N) is 2. The summed E-state index contributed by atoms with van der Waals surface area (Å²) in [6, 6.07) is 6.18. The molecule has 0 aliphatic carbocycles. The Labute approximate surface area is 95.7 Å². The van der Waals surface area contributed by atoms with Crippen LogP contribution in [0.15, 0.2) is 30.6 Å². The van der Waals surface area contributed by atoms with Crippen LogP contribution < -0.4 is 0 Å². The molecular weight excluding hydrogens is 238 g/mol. The van der Waals surface area contributed by atoms with Gasteiger partial charge in [0.2, 0.25) is 0 Å². The monoisotopic (exact) mass is 242 g/mol. The molecule has 76 valence electrons. The summed E-state index contributed by atoms with van der Waals surface area (Å²) in [4.78, 5) is 7.52. The lowest BCUT2D eigenvalue weighted by molar-refractivity contribution is 0.631. The van der Waals surface area contributed by atoms with Crippen LogP contribution in [0.25, 0.3) is 11.1 Å². The van der Waals surface area contributed by atoms with Crippen molar-refractivity contribution in [1.82, 2.24) is 9.97 Å². The van der Waals surface area contributed by atoms with Gasteiger partial charge in [-0.25, -0.2) is 14.4 Å². The molecule has 1 aromatic heterocycles. The second-order valence-electron chi connectivity index (χ2n) is 2.81. The van der Waals surface area contributed by atoms with Gasteiger partial charge in [-0.05, 0) is 6.07 Å². The van der Waals surface area contributed by atoms with Gasteiger partial charge in [-0.15, -0.1) is 0 Å². The summed E-state index contributed by atoms with van der Waals surface area (Å²) in [6.45, 7) is 0. The fraction of sp³-hybridized carbons (Fsp3) is 0. The molecule has 0 N–H and O–H groups in total. The van der Waals surface area contributed by atoms with E-state index in [1.54, 1.807) is 18.2 Å². The molecule has 0 aliphatic rings. The van der Waals surface area contributed by atoms with Crippen LogP contribution >= 0.6 is 23.2 Å². The van der Waals surface area contributed by atoms with E-state index in [4.69, 9.17) is 23.2 Å². The maximum atomic E-state index is 13.5. The van der Waals surface area contributed by atoms with Crippen molar-refractivity contribution < 1.29 is 4.39 Å². The largest absolute Gasteiger partial charge is 0.224 e. The molecule has 15 heavy (non-hydrogen) atoms. The van der Waals surface area contributed by atoms with Crippen LogP contribution in [0.1, 0.15) is 0 Å². The zero-order chi connectivity index (χ0) is 10.8. The highest BCUT2D eigenvalue weighted by atomic mass is 35.5. The molecule has 0 atom stereocenters. The minimum absolute atomic E-state index is 0.139. The maximum Gasteiger partial charge on any atom is 0.141 e. The lowest BCUT2D eigenvalue weighted by Gasteiger charge is -2.05. The molecule has 0 amide bonds. The molecule has 0 bridgehead atoms. The van der Waals surface area contributed by atoms with Crippen LogP contribution in [-0.2, 0) is 0 Å². The van der Waals surface area contributed by atoms with Crippen LogP contribution in [0.2, 0.25) is 10.3 Å². The van der Waals surface area contributed by atoms with Crippen molar-refractivity contribution in [2.24, 2.45) is 0 Å². The zero-order valence-electron chi connectivity index (χ0n) is 7.42. The van der Waals surface area contributed by atoms with Crippen molar-refractivity contribution in [3.8, 4) is 11.1 Å². The summed E-state index contributed by atoms with van der Waals surface area (Å²) in [7, 11) is 0. The third-order valence-corrected chi connectivity index (χ3v) is 2.47. The zero-order valence-corrected chi connectivity index (χ0v) is 8.93. The van der Waals surface area contributed by atoms with Gasteiger partial charge in [-0.1, -0.05) is 41.4 Å². The fourth-order valence-corrected chi connectivity index (χ4v) is 1.75. The number of benzene rings is 1. The standard InChI is InChI=1S/C10H5Cl2FN2/c11-9-8(10(12)15-5-14-9)6-3-1-2-4-7(6)13/h1-5H. The van der Waals surface area contributed by atoms with E-state index in [9.17, 15) is 4.39 Å². The lowest BCUT2D eigenvalue weighted by atomic mass is 10.1. The highest BCUT2D eigenvalue weighted by molar-refractivity contribution is 6.37. The van der Waals surface area contributed by atoms with Crippen molar-refractivity contribution >= 4 is 23.2 Å². The van der Waals surface area contributed by atoms with Gasteiger partial charge in [0.15, 0.2) is 0 Å². The number of rotatable bonds is 1. The van der Waals surface area contributed by atoms with Crippen LogP contribution in [0.4, 0.5) is 4.39 Å². The Balaban J connectivity index is 2.69. The van der Waals surface area contributed by atoms with Crippen LogP contribution in [-0.4, -0.2) is 9.97 Å². The minimum atomic E-state index is -0.406. The average Bonchev–Trinajstić information content (AvgIpc) is 2.20. The minimum Gasteiger partial charge on any atom is -0.224 e. The molecule has 2 nitrogen and oxygen atoms in total. The quantitative estimate of drug-likeness (QED) is 0.715. The third kappa shape index (κ3) is 1.94. The Hall–Kier alpha value is -1.19. The molecule has 1 aromatic carbocycles. The van der Waals surface area contributed by atoms with Gasteiger partial charge >= 0.3 is 0 Å². The molecule has 0 spiro atoms. The molecular formula is C10H5Cl2FN2. The van der Waals surface area contributed by atoms with E-state index in [0.29, 0.717) is 11.1 Å². The molecule has 0 saturated heterocycles. The van der Waals surface area contributed by atoms with Crippen LogP contribution in [0.3, 0.4) is 0 Å². The third-order valence-electron chi connectivity index (χ3n) is 1.90. The smallest absolute Gasteiger partial charge is 0.141 e. The van der Waals surface area contributed by atoms with Gasteiger partial charge in [-0.3, -0.25) is 0 Å². The Kier molecular flexibility index (Phi) is 2.84. The molecule has 2 aromatic rings. The number of aromatic nitrogens is 2. The van der Waals surface area contributed by atoms with Gasteiger partial charge < -0.3 is 0 Å². The van der Waals surface area contributed by atoms with E-state index in [1.165, 1.54) is 12.4 Å². The number of halogens is 3. The predicted octanol–water partition coefficient (Wildman–Crippen LogP) is 3.59. The first-order chi connectivity index (χ1) is 7.20. The Morgan fingerprint density at radius 2 is 1.60 bits per heavy atom. The molecule has 1 heterocycles. The summed E-state index contributed by atoms with van der Waals surface area (Å²) in [5.74, 6) is -0.406. The highest BCUT2D eigenvalue weighted by Crippen LogP contribution is 2.32. The topological polar surface area (TPSA) is 25.8 Å². The number of hydrogen-bond donors (Lipinski definition) is 0. The predicted molar refractivity (Wildman–Crippen MR) is 57.4 cm³/mol. The molecule has 0 aliphatic heterocycles. The van der Waals surface area contributed by atoms with E-state index in [1.807, 2.05) is 0 Å². The van der Waals surface area contributed by atoms with Crippen molar-refractivity contribution in [2.45, 2.75) is 0 Å². The Bertz CT molecular complexity index is 482. The normalized spacial score (nSPS) is 10.3. The van der Waals surface area contributed by atoms with Crippen molar-refractivity contribution in [3.05, 3.63) is 46.7 Å². The highest BCUT2D eigenvalue weighted by Gasteiger charge is 2.13. The van der Waals surface area contributed by atoms with Crippen molar-refractivity contribution in [1.29, 1.82) is 0 Å². The average molecular weight is 243 g/mol. The van der Waals surface area contributed by atoms with E-state index >= 15 is 0 Å². The molecule has 0 radical (unpaired) electrons. The van der Waals surface area contributed by atoms with E-state index in [0.717, 1.165) is 0 Å². The molecule has 0 fully saturated rings. The second kappa shape index (κ2) is 4.13. The summed E-state index contributed by atoms with van der Waals surface area (Å²) in [6.07, 6.45) is 1.23. The van der Waals surface area contributed by atoms with Crippen LogP contribution in [0.5, 0.6) is 0 Å². The second-order valence-corrected chi connectivity index (χ2v) is 3.53. The van der Waals surface area contributed by atoms with Crippen molar-refractivity contribution in [2.75, 3.05) is 0 Å². The summed E-state index contributed by atoms with van der Waals surface area (Å²) in [5.41, 5.74) is 0.618. The molecule has 2 rings (SSSR count). The Morgan fingerprint density at radius 3 is 2.20 bits per heavy atom. The molecule has 5 heteroatoms. The van der Waals surface area contributed by atoms with Gasteiger partial charge in [0.25, 0.3) is 0 Å². The van der Waals surface area contributed by atoms with Gasteiger partial charge in [0, 0.05) is 5.56 Å². The molecule has 0 unspecified atom stereocenters. The first kappa shape index (κ1) is 10.3. The SMILES string of the molecule is Fc1ccccc1-c1c(Cl)ncnc1Cl. The number of hydrogen-bond acceptors (Lipinski definition) is 2. The van der Waals surface area contributed by atoms with Gasteiger partial charge in [-0.2, -0.15) is 0 Å². The maximum absolute atomic E-state index is 13.5. The van der Waals surface area contributed by atoms with Gasteiger partial charge in [0.1, 0.15) is 22.5 Å². The first-order valence-corrected chi connectivity index (χ1v) is 4.86. The van der Waals surface area contributed by atoms with E-state index in [2.05, 4.69) is 9.97 Å². The van der Waals surface area contributed by atoms with E-state index in [-0.39, 0.29) is 10.3 Å². The van der Waals surface area contributed by atoms with Crippen molar-refractivity contribution in [3.63, 3.8) is 0 Å². The van der Waals surface area contributed by atoms with Gasteiger partial charge in [0.05, 0.1) is 5.56 Å². The fourth-order valence-electron chi connectivity index (χ4n) is 1.23. The molecule has 0 saturated carbocycles. The van der Waals surface area contributed by atoms with Crippen LogP contribution in [0, 0.1) is 5.82 Å². The Morgan fingerprint density at radius 1 is 1.00 bits per heavy atom. The first-order valence-electron chi connectivity index (χ1n) is 4.11. The summed E-state index contributed by atoms with van der Waals surface area (Å²) in [5, 5.41) is 0.278. The summed E-state index contributed by atoms with van der Waals surface area (Å²) >= 11 is 11.7. The van der Waals surface area contributed by atoms with E-state index < -0.39 is 5.82 Å². The summed E-state index contributed by atoms with van der Waals surface area (Å²) < 4.78 is 13.5. The lowest BCUT2D eigenvalue weighted by Crippen LogP contribution is -1.90.